The zero-order chi connectivity index (χ0) is 14.7. The van der Waals surface area contributed by atoms with Crippen LogP contribution in [0.25, 0.3) is 0 Å². The Morgan fingerprint density at radius 3 is 2.25 bits per heavy atom. The molecule has 8 nitrogen and oxygen atoms in total. The minimum atomic E-state index is -1.37. The molecular formula is C12H9N3O5. The van der Waals surface area contributed by atoms with Crippen LogP contribution in [0, 0.1) is 0 Å². The van der Waals surface area contributed by atoms with Crippen LogP contribution in [-0.2, 0) is 0 Å². The van der Waals surface area contributed by atoms with Crippen molar-refractivity contribution in [3.8, 4) is 11.5 Å². The molecular weight excluding hydrogens is 266 g/mol. The third-order valence-corrected chi connectivity index (χ3v) is 2.38. The van der Waals surface area contributed by atoms with Gasteiger partial charge in [-0.15, -0.1) is 0 Å². The number of nitrogens with one attached hydrogen (secondary N) is 1. The van der Waals surface area contributed by atoms with Crippen LogP contribution in [0.15, 0.2) is 30.6 Å². The minimum Gasteiger partial charge on any atom is -0.507 e. The van der Waals surface area contributed by atoms with E-state index in [1.807, 2.05) is 0 Å². The van der Waals surface area contributed by atoms with Crippen LogP contribution in [0.3, 0.4) is 0 Å². The summed E-state index contributed by atoms with van der Waals surface area (Å²) in [6.45, 7) is 0. The maximum atomic E-state index is 11.9. The first kappa shape index (κ1) is 13.3. The van der Waals surface area contributed by atoms with Crippen molar-refractivity contribution in [2.45, 2.75) is 0 Å². The number of phenols is 2. The fraction of sp³-hybridized carbons (Fsp3) is 0. The molecule has 1 amide bonds. The number of hydrogen-bond acceptors (Lipinski definition) is 6. The van der Waals surface area contributed by atoms with E-state index in [9.17, 15) is 19.8 Å². The second-order valence-corrected chi connectivity index (χ2v) is 3.68. The Bertz CT molecular complexity index is 666. The van der Waals surface area contributed by atoms with Gasteiger partial charge in [0.2, 0.25) is 0 Å². The van der Waals surface area contributed by atoms with Crippen LogP contribution in [0.4, 0.5) is 5.82 Å². The minimum absolute atomic E-state index is 0.285. The number of hydrogen-bond donors (Lipinski definition) is 4. The molecule has 0 spiro atoms. The summed E-state index contributed by atoms with van der Waals surface area (Å²) < 4.78 is 0. The summed E-state index contributed by atoms with van der Waals surface area (Å²) in [6.07, 6.45) is 2.36. The summed E-state index contributed by atoms with van der Waals surface area (Å²) in [5, 5.41) is 30.2. The molecule has 0 aliphatic heterocycles. The number of carboxylic acid groups (broad SMARTS) is 1. The van der Waals surface area contributed by atoms with E-state index < -0.39 is 29.1 Å². The van der Waals surface area contributed by atoms with Gasteiger partial charge in [-0.1, -0.05) is 6.07 Å². The molecule has 0 saturated heterocycles. The number of carbonyl (C=O) groups is 2. The molecule has 102 valence electrons. The van der Waals surface area contributed by atoms with Gasteiger partial charge in [-0.05, 0) is 12.1 Å². The quantitative estimate of drug-likeness (QED) is 0.652. The number of carboxylic acids is 1. The van der Waals surface area contributed by atoms with Crippen LogP contribution in [0.5, 0.6) is 11.5 Å². The predicted octanol–water partition coefficient (Wildman–Crippen LogP) is 0.838. The summed E-state index contributed by atoms with van der Waals surface area (Å²) in [4.78, 5) is 30.1. The highest BCUT2D eigenvalue weighted by Gasteiger charge is 2.20. The first-order valence-corrected chi connectivity index (χ1v) is 5.37. The van der Waals surface area contributed by atoms with Gasteiger partial charge in [0.1, 0.15) is 17.1 Å². The monoisotopic (exact) mass is 275 g/mol. The number of nitrogens with zero attached hydrogens (tertiary/aromatic N) is 2. The Morgan fingerprint density at radius 2 is 1.65 bits per heavy atom. The van der Waals surface area contributed by atoms with Crippen LogP contribution in [-0.4, -0.2) is 37.2 Å². The third-order valence-electron chi connectivity index (χ3n) is 2.38. The van der Waals surface area contributed by atoms with E-state index >= 15 is 0 Å². The van der Waals surface area contributed by atoms with Crippen molar-refractivity contribution in [3.05, 3.63) is 41.9 Å². The Kier molecular flexibility index (Phi) is 3.47. The van der Waals surface area contributed by atoms with Crippen molar-refractivity contribution in [2.24, 2.45) is 0 Å². The van der Waals surface area contributed by atoms with Gasteiger partial charge in [-0.25, -0.2) is 14.8 Å². The number of benzene rings is 1. The first-order chi connectivity index (χ1) is 9.50. The van der Waals surface area contributed by atoms with Crippen LogP contribution in [0.2, 0.25) is 0 Å². The topological polar surface area (TPSA) is 133 Å². The summed E-state index contributed by atoms with van der Waals surface area (Å²) in [5.41, 5.74) is -0.828. The molecule has 0 bridgehead atoms. The first-order valence-electron chi connectivity index (χ1n) is 5.37. The largest absolute Gasteiger partial charge is 0.507 e. The Hall–Kier alpha value is -3.16. The van der Waals surface area contributed by atoms with Crippen molar-refractivity contribution < 1.29 is 24.9 Å². The summed E-state index contributed by atoms with van der Waals surface area (Å²) in [7, 11) is 0. The molecule has 20 heavy (non-hydrogen) atoms. The van der Waals surface area contributed by atoms with Gasteiger partial charge in [0, 0.05) is 12.4 Å². The number of phenolic OH excluding ortho intramolecular Hbond substituents is 2. The molecule has 2 aromatic rings. The van der Waals surface area contributed by atoms with Crippen LogP contribution < -0.4 is 5.32 Å². The molecule has 0 aliphatic rings. The fourth-order valence-electron chi connectivity index (χ4n) is 1.52. The molecule has 0 saturated carbocycles. The lowest BCUT2D eigenvalue weighted by Gasteiger charge is -2.08. The number of rotatable bonds is 3. The smallest absolute Gasteiger partial charge is 0.358 e. The predicted molar refractivity (Wildman–Crippen MR) is 66.7 cm³/mol. The van der Waals surface area contributed by atoms with E-state index in [1.165, 1.54) is 24.4 Å². The molecule has 1 aromatic carbocycles. The second kappa shape index (κ2) is 5.22. The fourth-order valence-corrected chi connectivity index (χ4v) is 1.52. The molecule has 0 fully saturated rings. The number of anilines is 1. The number of aromatic carboxylic acids is 1. The Balaban J connectivity index is 2.36. The van der Waals surface area contributed by atoms with Gasteiger partial charge >= 0.3 is 5.97 Å². The average molecular weight is 275 g/mol. The zero-order valence-corrected chi connectivity index (χ0v) is 9.94. The molecule has 4 N–H and O–H groups in total. The molecule has 0 unspecified atom stereocenters. The molecule has 0 atom stereocenters. The van der Waals surface area contributed by atoms with Crippen molar-refractivity contribution >= 4 is 17.7 Å². The highest BCUT2D eigenvalue weighted by Crippen LogP contribution is 2.27. The molecule has 0 aliphatic carbocycles. The lowest BCUT2D eigenvalue weighted by atomic mass is 10.1. The van der Waals surface area contributed by atoms with Crippen molar-refractivity contribution in [1.29, 1.82) is 0 Å². The molecule has 1 heterocycles. The molecule has 1 aromatic heterocycles. The zero-order valence-electron chi connectivity index (χ0n) is 9.94. The van der Waals surface area contributed by atoms with Gasteiger partial charge in [0.25, 0.3) is 5.91 Å². The van der Waals surface area contributed by atoms with Crippen LogP contribution >= 0.6 is 0 Å². The number of aromatic nitrogens is 2. The number of carbonyl (C=O) groups excluding carboxylic acids is 1. The van der Waals surface area contributed by atoms with Gasteiger partial charge in [0.05, 0.1) is 0 Å². The summed E-state index contributed by atoms with van der Waals surface area (Å²) >= 11 is 0. The van der Waals surface area contributed by atoms with Crippen molar-refractivity contribution in [1.82, 2.24) is 9.97 Å². The maximum Gasteiger partial charge on any atom is 0.358 e. The lowest BCUT2D eigenvalue weighted by molar-refractivity contribution is 0.0691. The molecule has 8 heteroatoms. The highest BCUT2D eigenvalue weighted by atomic mass is 16.4. The highest BCUT2D eigenvalue weighted by molar-refractivity contribution is 6.09. The van der Waals surface area contributed by atoms with Gasteiger partial charge < -0.3 is 20.6 Å². The third kappa shape index (κ3) is 2.48. The van der Waals surface area contributed by atoms with E-state index in [0.717, 1.165) is 6.20 Å². The van der Waals surface area contributed by atoms with E-state index in [0.29, 0.717) is 0 Å². The Labute approximate surface area is 112 Å². The average Bonchev–Trinajstić information content (AvgIpc) is 2.38. The van der Waals surface area contributed by atoms with Gasteiger partial charge in [0.15, 0.2) is 11.5 Å². The van der Waals surface area contributed by atoms with Crippen molar-refractivity contribution in [3.63, 3.8) is 0 Å². The van der Waals surface area contributed by atoms with Crippen molar-refractivity contribution in [2.75, 3.05) is 5.32 Å². The molecule has 2 rings (SSSR count). The number of amides is 1. The SMILES string of the molecule is O=C(O)c1nccnc1NC(=O)c1c(O)cccc1O. The Morgan fingerprint density at radius 1 is 1.05 bits per heavy atom. The standard InChI is InChI=1S/C12H9N3O5/c16-6-2-1-3-7(17)8(6)11(18)15-10-9(12(19)20)13-4-5-14-10/h1-5,16-17H,(H,19,20)(H,14,15,18). The molecule has 0 radical (unpaired) electrons. The summed E-state index contributed by atoms with van der Waals surface area (Å²) in [5.74, 6) is -3.43. The van der Waals surface area contributed by atoms with Gasteiger partial charge in [-0.2, -0.15) is 0 Å². The van der Waals surface area contributed by atoms with E-state index in [1.54, 1.807) is 0 Å². The lowest BCUT2D eigenvalue weighted by Crippen LogP contribution is -2.17. The second-order valence-electron chi connectivity index (χ2n) is 3.68. The number of aromatic hydroxyl groups is 2. The van der Waals surface area contributed by atoms with E-state index in [2.05, 4.69) is 15.3 Å². The normalized spacial score (nSPS) is 10.0. The van der Waals surface area contributed by atoms with Crippen LogP contribution in [0.1, 0.15) is 20.8 Å². The van der Waals surface area contributed by atoms with E-state index in [-0.39, 0.29) is 11.4 Å². The summed E-state index contributed by atoms with van der Waals surface area (Å²) in [6, 6.07) is 3.78. The maximum absolute atomic E-state index is 11.9. The van der Waals surface area contributed by atoms with Gasteiger partial charge in [-0.3, -0.25) is 4.79 Å². The van der Waals surface area contributed by atoms with E-state index in [4.69, 9.17) is 5.11 Å².